The Kier molecular flexibility index (Phi) is 5.49. The van der Waals surface area contributed by atoms with Gasteiger partial charge in [-0.3, -0.25) is 14.2 Å². The number of fused-ring (bicyclic) bond motifs is 1. The van der Waals surface area contributed by atoms with Gasteiger partial charge in [0.05, 0.1) is 23.9 Å². The van der Waals surface area contributed by atoms with Crippen molar-refractivity contribution >= 4 is 33.4 Å². The summed E-state index contributed by atoms with van der Waals surface area (Å²) in [5.74, 6) is -0.711. The second-order valence-electron chi connectivity index (χ2n) is 4.79. The molecular weight excluding hydrogens is 318 g/mol. The monoisotopic (exact) mass is 337 g/mol. The van der Waals surface area contributed by atoms with E-state index in [-0.39, 0.29) is 30.0 Å². The third-order valence-corrected chi connectivity index (χ3v) is 4.36. The van der Waals surface area contributed by atoms with Gasteiger partial charge in [0.25, 0.3) is 5.56 Å². The predicted molar refractivity (Wildman–Crippen MR) is 87.8 cm³/mol. The number of hydrogen-bond donors (Lipinski definition) is 0. The third-order valence-electron chi connectivity index (χ3n) is 3.48. The maximum absolute atomic E-state index is 12.6. The van der Waals surface area contributed by atoms with Gasteiger partial charge in [0.2, 0.25) is 5.91 Å². The molecule has 0 atom stereocenters. The van der Waals surface area contributed by atoms with Gasteiger partial charge in [-0.05, 0) is 20.8 Å². The Balaban J connectivity index is 2.42. The second-order valence-corrected chi connectivity index (χ2v) is 5.65. The van der Waals surface area contributed by atoms with Crippen LogP contribution in [0.3, 0.4) is 0 Å². The van der Waals surface area contributed by atoms with Crippen molar-refractivity contribution in [2.45, 2.75) is 27.3 Å². The minimum atomic E-state index is -0.550. The van der Waals surface area contributed by atoms with Crippen molar-refractivity contribution in [3.8, 4) is 0 Å². The van der Waals surface area contributed by atoms with Gasteiger partial charge < -0.3 is 9.64 Å². The van der Waals surface area contributed by atoms with Crippen LogP contribution in [0, 0.1) is 0 Å². The van der Waals surface area contributed by atoms with Crippen LogP contribution < -0.4 is 5.56 Å². The Hall–Kier alpha value is -2.22. The zero-order valence-electron chi connectivity index (χ0n) is 13.4. The van der Waals surface area contributed by atoms with E-state index < -0.39 is 11.5 Å². The van der Waals surface area contributed by atoms with Gasteiger partial charge in [-0.15, -0.1) is 11.3 Å². The molecule has 0 aliphatic carbocycles. The predicted octanol–water partition coefficient (Wildman–Crippen LogP) is 1.50. The van der Waals surface area contributed by atoms with Crippen LogP contribution >= 0.6 is 11.3 Å². The average Bonchev–Trinajstić information content (AvgIpc) is 2.96. The Morgan fingerprint density at radius 3 is 2.61 bits per heavy atom. The fraction of sp³-hybridized carbons (Fsp3) is 0.467. The number of esters is 1. The molecule has 0 aliphatic rings. The Morgan fingerprint density at radius 1 is 1.30 bits per heavy atom. The lowest BCUT2D eigenvalue weighted by atomic mass is 10.2. The van der Waals surface area contributed by atoms with Crippen LogP contribution in [0.5, 0.6) is 0 Å². The maximum Gasteiger partial charge on any atom is 0.339 e. The van der Waals surface area contributed by atoms with Gasteiger partial charge in [0, 0.05) is 18.5 Å². The zero-order valence-corrected chi connectivity index (χ0v) is 14.2. The van der Waals surface area contributed by atoms with Crippen molar-refractivity contribution < 1.29 is 14.3 Å². The summed E-state index contributed by atoms with van der Waals surface area (Å²) in [4.78, 5) is 43.0. The summed E-state index contributed by atoms with van der Waals surface area (Å²) >= 11 is 1.20. The van der Waals surface area contributed by atoms with E-state index in [0.717, 1.165) is 0 Å². The molecule has 0 spiro atoms. The van der Waals surface area contributed by atoms with Crippen LogP contribution in [0.15, 0.2) is 16.5 Å². The summed E-state index contributed by atoms with van der Waals surface area (Å²) in [5.41, 5.74) is -0.200. The first kappa shape index (κ1) is 17.1. The average molecular weight is 337 g/mol. The summed E-state index contributed by atoms with van der Waals surface area (Å²) in [6.07, 6.45) is 1.34. The number of carbonyl (C=O) groups excluding carboxylic acids is 2. The number of thiophene rings is 1. The van der Waals surface area contributed by atoms with Crippen molar-refractivity contribution in [2.24, 2.45) is 0 Å². The number of likely N-dealkylation sites (N-methyl/N-ethyl adjacent to an activating group) is 1. The van der Waals surface area contributed by atoms with Crippen molar-refractivity contribution in [3.63, 3.8) is 0 Å². The Labute approximate surface area is 137 Å². The van der Waals surface area contributed by atoms with E-state index in [0.29, 0.717) is 17.9 Å². The normalized spacial score (nSPS) is 10.7. The van der Waals surface area contributed by atoms with Gasteiger partial charge >= 0.3 is 5.97 Å². The Morgan fingerprint density at radius 2 is 2.00 bits per heavy atom. The highest BCUT2D eigenvalue weighted by molar-refractivity contribution is 7.17. The van der Waals surface area contributed by atoms with Gasteiger partial charge in [-0.25, -0.2) is 9.78 Å². The van der Waals surface area contributed by atoms with Crippen LogP contribution in [0.25, 0.3) is 10.2 Å². The third kappa shape index (κ3) is 3.42. The number of amides is 1. The van der Waals surface area contributed by atoms with Crippen LogP contribution in [-0.2, 0) is 16.1 Å². The minimum absolute atomic E-state index is 0.0957. The molecule has 0 radical (unpaired) electrons. The van der Waals surface area contributed by atoms with Gasteiger partial charge in [0.1, 0.15) is 11.4 Å². The van der Waals surface area contributed by atoms with E-state index in [1.807, 2.05) is 13.8 Å². The van der Waals surface area contributed by atoms with Crippen molar-refractivity contribution in [1.29, 1.82) is 0 Å². The molecule has 0 N–H and O–H groups in total. The van der Waals surface area contributed by atoms with Gasteiger partial charge in [-0.1, -0.05) is 0 Å². The first-order chi connectivity index (χ1) is 11.0. The van der Waals surface area contributed by atoms with Crippen LogP contribution in [-0.4, -0.2) is 46.0 Å². The van der Waals surface area contributed by atoms with Crippen LogP contribution in [0.1, 0.15) is 31.1 Å². The molecule has 0 aliphatic heterocycles. The molecule has 2 rings (SSSR count). The number of hydrogen-bond acceptors (Lipinski definition) is 6. The topological polar surface area (TPSA) is 81.5 Å². The molecule has 0 unspecified atom stereocenters. The van der Waals surface area contributed by atoms with Crippen LogP contribution in [0.4, 0.5) is 0 Å². The highest BCUT2D eigenvalue weighted by atomic mass is 32.1. The molecule has 0 saturated heterocycles. The fourth-order valence-electron chi connectivity index (χ4n) is 2.26. The highest BCUT2D eigenvalue weighted by Crippen LogP contribution is 2.21. The lowest BCUT2D eigenvalue weighted by molar-refractivity contribution is -0.131. The smallest absolute Gasteiger partial charge is 0.339 e. The number of carbonyl (C=O) groups is 2. The Bertz CT molecular complexity index is 777. The first-order valence-electron chi connectivity index (χ1n) is 7.44. The van der Waals surface area contributed by atoms with Gasteiger partial charge in [0.15, 0.2) is 0 Å². The molecule has 0 bridgehead atoms. The molecule has 0 aromatic carbocycles. The largest absolute Gasteiger partial charge is 0.462 e. The van der Waals surface area contributed by atoms with E-state index in [1.54, 1.807) is 17.2 Å². The second kappa shape index (κ2) is 7.36. The summed E-state index contributed by atoms with van der Waals surface area (Å²) < 4.78 is 6.19. The minimum Gasteiger partial charge on any atom is -0.462 e. The van der Waals surface area contributed by atoms with E-state index >= 15 is 0 Å². The standard InChI is InChI=1S/C15H19N3O4S/c1-4-17(5-2)11(19)7-18-9-16-13-12(14(18)20)10(8-23-13)15(21)22-6-3/h8-9H,4-7H2,1-3H3. The fourth-order valence-corrected chi connectivity index (χ4v) is 3.13. The zero-order chi connectivity index (χ0) is 17.0. The van der Waals surface area contributed by atoms with Crippen molar-refractivity contribution in [3.05, 3.63) is 27.6 Å². The molecule has 23 heavy (non-hydrogen) atoms. The van der Waals surface area contributed by atoms with E-state index in [4.69, 9.17) is 4.74 Å². The lowest BCUT2D eigenvalue weighted by Crippen LogP contribution is -2.36. The maximum atomic E-state index is 12.6. The van der Waals surface area contributed by atoms with Crippen molar-refractivity contribution in [2.75, 3.05) is 19.7 Å². The van der Waals surface area contributed by atoms with E-state index in [9.17, 15) is 14.4 Å². The summed E-state index contributed by atoms with van der Waals surface area (Å²) in [6, 6.07) is 0. The molecule has 8 heteroatoms. The van der Waals surface area contributed by atoms with E-state index in [1.165, 1.54) is 22.2 Å². The molecule has 2 aromatic rings. The number of nitrogens with zero attached hydrogens (tertiary/aromatic N) is 3. The highest BCUT2D eigenvalue weighted by Gasteiger charge is 2.19. The molecule has 0 fully saturated rings. The first-order valence-corrected chi connectivity index (χ1v) is 8.32. The van der Waals surface area contributed by atoms with Gasteiger partial charge in [-0.2, -0.15) is 0 Å². The number of aromatic nitrogens is 2. The van der Waals surface area contributed by atoms with Crippen LogP contribution in [0.2, 0.25) is 0 Å². The lowest BCUT2D eigenvalue weighted by Gasteiger charge is -2.18. The summed E-state index contributed by atoms with van der Waals surface area (Å²) in [7, 11) is 0. The SMILES string of the molecule is CCOC(=O)c1csc2ncn(CC(=O)N(CC)CC)c(=O)c12. The molecule has 0 saturated carbocycles. The number of rotatable bonds is 6. The molecule has 2 aromatic heterocycles. The van der Waals surface area contributed by atoms with E-state index in [2.05, 4.69) is 4.98 Å². The molecule has 2 heterocycles. The summed E-state index contributed by atoms with van der Waals surface area (Å²) in [6.45, 7) is 6.74. The summed E-state index contributed by atoms with van der Waals surface area (Å²) in [5, 5.41) is 1.77. The number of ether oxygens (including phenoxy) is 1. The quantitative estimate of drug-likeness (QED) is 0.746. The van der Waals surface area contributed by atoms with Crippen molar-refractivity contribution in [1.82, 2.24) is 14.5 Å². The molecule has 1 amide bonds. The molecular formula is C15H19N3O4S. The molecule has 124 valence electrons. The molecule has 7 nitrogen and oxygen atoms in total.